The Labute approximate surface area is 111 Å². The van der Waals surface area contributed by atoms with Crippen molar-refractivity contribution in [2.45, 2.75) is 46.5 Å². The van der Waals surface area contributed by atoms with Gasteiger partial charge in [0.1, 0.15) is 0 Å². The highest BCUT2D eigenvalue weighted by atomic mass is 16.4. The summed E-state index contributed by atoms with van der Waals surface area (Å²) in [5.74, 6) is 6.41. The van der Waals surface area contributed by atoms with E-state index in [9.17, 15) is 4.79 Å². The highest BCUT2D eigenvalue weighted by Crippen LogP contribution is 2.21. The molecule has 3 nitrogen and oxygen atoms in total. The van der Waals surface area contributed by atoms with E-state index in [4.69, 9.17) is 5.11 Å². The largest absolute Gasteiger partial charge is 0.481 e. The number of aliphatic carboxylic acids is 1. The number of hydrogen-bond donors (Lipinski definition) is 1. The monoisotopic (exact) mass is 251 g/mol. The molecule has 0 aromatic heterocycles. The van der Waals surface area contributed by atoms with E-state index >= 15 is 0 Å². The number of nitrogens with zero attached hydrogens (tertiary/aromatic N) is 1. The van der Waals surface area contributed by atoms with Crippen LogP contribution < -0.4 is 0 Å². The topological polar surface area (TPSA) is 40.5 Å². The number of carbonyl (C=O) groups is 1. The fraction of sp³-hybridized carbons (Fsp3) is 0.800. The minimum atomic E-state index is -0.673. The first-order chi connectivity index (χ1) is 8.37. The van der Waals surface area contributed by atoms with Crippen LogP contribution in [0.25, 0.3) is 0 Å². The second kappa shape index (κ2) is 6.80. The molecule has 1 heterocycles. The number of hydrogen-bond acceptors (Lipinski definition) is 2. The number of carboxylic acids is 1. The Morgan fingerprint density at radius 2 is 1.94 bits per heavy atom. The van der Waals surface area contributed by atoms with Crippen molar-refractivity contribution in [3.63, 3.8) is 0 Å². The third-order valence-electron chi connectivity index (χ3n) is 3.24. The molecule has 0 aromatic rings. The Morgan fingerprint density at radius 1 is 1.33 bits per heavy atom. The SMILES string of the molecule is CC(C)(C)C#CCN1CCC(CCC(=O)O)CC1. The first-order valence-electron chi connectivity index (χ1n) is 6.81. The molecule has 0 unspecified atom stereocenters. The van der Waals surface area contributed by atoms with Gasteiger partial charge in [0.2, 0.25) is 0 Å². The quantitative estimate of drug-likeness (QED) is 0.781. The van der Waals surface area contributed by atoms with Crippen LogP contribution in [0.15, 0.2) is 0 Å². The summed E-state index contributed by atoms with van der Waals surface area (Å²) in [6.45, 7) is 9.34. The van der Waals surface area contributed by atoms with E-state index in [1.807, 2.05) is 0 Å². The molecular weight excluding hydrogens is 226 g/mol. The number of piperidine rings is 1. The van der Waals surface area contributed by atoms with Crippen LogP contribution in [0.2, 0.25) is 0 Å². The van der Waals surface area contributed by atoms with Crippen LogP contribution >= 0.6 is 0 Å². The molecule has 1 aliphatic rings. The first kappa shape index (κ1) is 15.0. The van der Waals surface area contributed by atoms with Crippen molar-refractivity contribution in [1.82, 2.24) is 4.90 Å². The number of carboxylic acid groups (broad SMARTS) is 1. The van der Waals surface area contributed by atoms with Crippen molar-refractivity contribution in [2.75, 3.05) is 19.6 Å². The lowest BCUT2D eigenvalue weighted by Gasteiger charge is -2.30. The summed E-state index contributed by atoms with van der Waals surface area (Å²) in [6.07, 6.45) is 3.38. The Morgan fingerprint density at radius 3 is 2.44 bits per heavy atom. The maximum absolute atomic E-state index is 10.5. The van der Waals surface area contributed by atoms with Gasteiger partial charge in [0, 0.05) is 11.8 Å². The van der Waals surface area contributed by atoms with Gasteiger partial charge in [-0.25, -0.2) is 0 Å². The second-order valence-electron chi connectivity index (χ2n) is 6.20. The van der Waals surface area contributed by atoms with E-state index < -0.39 is 5.97 Å². The summed E-state index contributed by atoms with van der Waals surface area (Å²) in [5.41, 5.74) is 0.0831. The highest BCUT2D eigenvalue weighted by molar-refractivity contribution is 5.66. The summed E-state index contributed by atoms with van der Waals surface area (Å²) < 4.78 is 0. The molecule has 102 valence electrons. The predicted molar refractivity (Wildman–Crippen MR) is 73.3 cm³/mol. The van der Waals surface area contributed by atoms with Crippen LogP contribution in [0, 0.1) is 23.2 Å². The zero-order valence-corrected chi connectivity index (χ0v) is 11.8. The standard InChI is InChI=1S/C15H25NO2/c1-15(2,3)9-4-10-16-11-7-13(8-12-16)5-6-14(17)18/h13H,5-8,10-12H2,1-3H3,(H,17,18). The maximum atomic E-state index is 10.5. The average Bonchev–Trinajstić information content (AvgIpc) is 2.26. The molecule has 1 N–H and O–H groups in total. The van der Waals surface area contributed by atoms with Crippen LogP contribution in [0.1, 0.15) is 46.5 Å². The van der Waals surface area contributed by atoms with Crippen molar-refractivity contribution >= 4 is 5.97 Å². The summed E-state index contributed by atoms with van der Waals surface area (Å²) >= 11 is 0. The molecule has 3 heteroatoms. The molecule has 0 saturated carbocycles. The van der Waals surface area contributed by atoms with Crippen LogP contribution in [0.3, 0.4) is 0 Å². The Bertz CT molecular complexity index is 325. The van der Waals surface area contributed by atoms with E-state index in [-0.39, 0.29) is 5.41 Å². The zero-order valence-electron chi connectivity index (χ0n) is 11.8. The summed E-state index contributed by atoms with van der Waals surface area (Å²) in [5, 5.41) is 8.66. The number of rotatable bonds is 4. The molecule has 0 spiro atoms. The zero-order chi connectivity index (χ0) is 13.6. The van der Waals surface area contributed by atoms with E-state index in [0.29, 0.717) is 12.3 Å². The predicted octanol–water partition coefficient (Wildman–Crippen LogP) is 2.61. The van der Waals surface area contributed by atoms with Gasteiger partial charge in [-0.3, -0.25) is 9.69 Å². The van der Waals surface area contributed by atoms with Crippen LogP contribution in [-0.4, -0.2) is 35.6 Å². The van der Waals surface area contributed by atoms with Crippen LogP contribution in [0.4, 0.5) is 0 Å². The molecule has 1 fully saturated rings. The molecule has 0 amide bonds. The Kier molecular flexibility index (Phi) is 5.68. The van der Waals surface area contributed by atoms with E-state index in [1.165, 1.54) is 0 Å². The van der Waals surface area contributed by atoms with Gasteiger partial charge in [0.05, 0.1) is 6.54 Å². The van der Waals surface area contributed by atoms with Crippen molar-refractivity contribution in [1.29, 1.82) is 0 Å². The summed E-state index contributed by atoms with van der Waals surface area (Å²) in [4.78, 5) is 12.9. The molecule has 1 saturated heterocycles. The van der Waals surface area contributed by atoms with Gasteiger partial charge in [0.15, 0.2) is 0 Å². The van der Waals surface area contributed by atoms with Crippen molar-refractivity contribution in [3.05, 3.63) is 0 Å². The van der Waals surface area contributed by atoms with Gasteiger partial charge in [-0.1, -0.05) is 11.8 Å². The van der Waals surface area contributed by atoms with Crippen LogP contribution in [0.5, 0.6) is 0 Å². The van der Waals surface area contributed by atoms with E-state index in [0.717, 1.165) is 38.9 Å². The molecule has 0 aliphatic carbocycles. The first-order valence-corrected chi connectivity index (χ1v) is 6.81. The fourth-order valence-corrected chi connectivity index (χ4v) is 2.18. The summed E-state index contributed by atoms with van der Waals surface area (Å²) in [6, 6.07) is 0. The highest BCUT2D eigenvalue weighted by Gasteiger charge is 2.19. The van der Waals surface area contributed by atoms with E-state index in [2.05, 4.69) is 37.5 Å². The van der Waals surface area contributed by atoms with Gasteiger partial charge in [-0.2, -0.15) is 0 Å². The molecule has 18 heavy (non-hydrogen) atoms. The van der Waals surface area contributed by atoms with Crippen molar-refractivity contribution in [3.8, 4) is 11.8 Å². The lowest BCUT2D eigenvalue weighted by Crippen LogP contribution is -2.34. The van der Waals surface area contributed by atoms with Gasteiger partial charge >= 0.3 is 5.97 Å². The molecule has 0 radical (unpaired) electrons. The molecule has 0 atom stereocenters. The molecule has 1 rings (SSSR count). The van der Waals surface area contributed by atoms with Gasteiger partial charge in [-0.15, -0.1) is 0 Å². The minimum absolute atomic E-state index is 0.0831. The molecule has 1 aliphatic heterocycles. The normalized spacial score (nSPS) is 18.2. The fourth-order valence-electron chi connectivity index (χ4n) is 2.18. The lowest BCUT2D eigenvalue weighted by atomic mass is 9.92. The second-order valence-corrected chi connectivity index (χ2v) is 6.20. The van der Waals surface area contributed by atoms with Crippen molar-refractivity contribution in [2.24, 2.45) is 11.3 Å². The minimum Gasteiger partial charge on any atom is -0.481 e. The molecule has 0 bridgehead atoms. The third kappa shape index (κ3) is 6.66. The van der Waals surface area contributed by atoms with Crippen LogP contribution in [-0.2, 0) is 4.79 Å². The van der Waals surface area contributed by atoms with Gasteiger partial charge in [0.25, 0.3) is 0 Å². The van der Waals surface area contributed by atoms with Gasteiger partial charge in [-0.05, 0) is 59.0 Å². The number of likely N-dealkylation sites (tertiary alicyclic amines) is 1. The lowest BCUT2D eigenvalue weighted by molar-refractivity contribution is -0.137. The third-order valence-corrected chi connectivity index (χ3v) is 3.24. The smallest absolute Gasteiger partial charge is 0.303 e. The molecular formula is C15H25NO2. The Hall–Kier alpha value is -1.01. The van der Waals surface area contributed by atoms with Crippen molar-refractivity contribution < 1.29 is 9.90 Å². The van der Waals surface area contributed by atoms with Gasteiger partial charge < -0.3 is 5.11 Å². The molecule has 0 aromatic carbocycles. The summed E-state index contributed by atoms with van der Waals surface area (Å²) in [7, 11) is 0. The van der Waals surface area contributed by atoms with E-state index in [1.54, 1.807) is 0 Å². The Balaban J connectivity index is 2.22. The average molecular weight is 251 g/mol. The maximum Gasteiger partial charge on any atom is 0.303 e.